The van der Waals surface area contributed by atoms with E-state index in [9.17, 15) is 0 Å². The SMILES string of the molecule is Cc1cc(Br)cc(Nc2ccc(C)cc2N)c1. The molecule has 2 aromatic carbocycles. The zero-order valence-electron chi connectivity index (χ0n) is 9.92. The van der Waals surface area contributed by atoms with Crippen molar-refractivity contribution >= 4 is 33.0 Å². The van der Waals surface area contributed by atoms with Gasteiger partial charge in [0.25, 0.3) is 0 Å². The molecular formula is C14H15BrN2. The Morgan fingerprint density at radius 1 is 1.00 bits per heavy atom. The Morgan fingerprint density at radius 3 is 2.41 bits per heavy atom. The van der Waals surface area contributed by atoms with E-state index in [0.717, 1.165) is 21.5 Å². The number of anilines is 3. The number of hydrogen-bond acceptors (Lipinski definition) is 2. The molecule has 0 aliphatic rings. The van der Waals surface area contributed by atoms with E-state index in [0.29, 0.717) is 0 Å². The molecule has 0 heterocycles. The van der Waals surface area contributed by atoms with Crippen LogP contribution in [0.4, 0.5) is 17.1 Å². The Kier molecular flexibility index (Phi) is 3.38. The van der Waals surface area contributed by atoms with Crippen molar-refractivity contribution in [3.05, 3.63) is 52.0 Å². The van der Waals surface area contributed by atoms with Crippen molar-refractivity contribution in [1.29, 1.82) is 0 Å². The van der Waals surface area contributed by atoms with E-state index in [-0.39, 0.29) is 0 Å². The number of halogens is 1. The predicted molar refractivity (Wildman–Crippen MR) is 77.8 cm³/mol. The average Bonchev–Trinajstić information content (AvgIpc) is 2.21. The summed E-state index contributed by atoms with van der Waals surface area (Å²) in [6, 6.07) is 12.2. The van der Waals surface area contributed by atoms with Gasteiger partial charge in [-0.25, -0.2) is 0 Å². The molecule has 0 bridgehead atoms. The van der Waals surface area contributed by atoms with Gasteiger partial charge in [0.15, 0.2) is 0 Å². The molecule has 0 aliphatic carbocycles. The van der Waals surface area contributed by atoms with Crippen LogP contribution >= 0.6 is 15.9 Å². The smallest absolute Gasteiger partial charge is 0.0618 e. The monoisotopic (exact) mass is 290 g/mol. The van der Waals surface area contributed by atoms with Crippen LogP contribution in [0.5, 0.6) is 0 Å². The molecule has 0 atom stereocenters. The number of nitrogen functional groups attached to an aromatic ring is 1. The number of benzene rings is 2. The maximum Gasteiger partial charge on any atom is 0.0618 e. The van der Waals surface area contributed by atoms with Crippen molar-refractivity contribution in [3.8, 4) is 0 Å². The first-order chi connectivity index (χ1) is 8.04. The summed E-state index contributed by atoms with van der Waals surface area (Å²) in [5.41, 5.74) is 11.1. The van der Waals surface area contributed by atoms with Gasteiger partial charge in [0, 0.05) is 10.2 Å². The zero-order valence-corrected chi connectivity index (χ0v) is 11.5. The van der Waals surface area contributed by atoms with Crippen molar-refractivity contribution in [3.63, 3.8) is 0 Å². The van der Waals surface area contributed by atoms with Crippen LogP contribution in [0.3, 0.4) is 0 Å². The number of aryl methyl sites for hydroxylation is 2. The normalized spacial score (nSPS) is 10.3. The van der Waals surface area contributed by atoms with Gasteiger partial charge in [-0.2, -0.15) is 0 Å². The van der Waals surface area contributed by atoms with Crippen molar-refractivity contribution in [2.75, 3.05) is 11.1 Å². The van der Waals surface area contributed by atoms with Crippen LogP contribution in [0.15, 0.2) is 40.9 Å². The lowest BCUT2D eigenvalue weighted by Gasteiger charge is -2.11. The molecule has 0 saturated heterocycles. The van der Waals surface area contributed by atoms with E-state index in [1.807, 2.05) is 31.2 Å². The molecule has 2 nitrogen and oxygen atoms in total. The predicted octanol–water partition coefficient (Wildman–Crippen LogP) is 4.39. The first-order valence-corrected chi connectivity index (χ1v) is 6.24. The van der Waals surface area contributed by atoms with Gasteiger partial charge in [-0.15, -0.1) is 0 Å². The summed E-state index contributed by atoms with van der Waals surface area (Å²) >= 11 is 3.49. The first kappa shape index (κ1) is 12.0. The molecule has 2 aromatic rings. The highest BCUT2D eigenvalue weighted by atomic mass is 79.9. The van der Waals surface area contributed by atoms with Crippen LogP contribution in [0.1, 0.15) is 11.1 Å². The Balaban J connectivity index is 2.31. The third kappa shape index (κ3) is 3.01. The molecule has 88 valence electrons. The highest BCUT2D eigenvalue weighted by molar-refractivity contribution is 9.10. The summed E-state index contributed by atoms with van der Waals surface area (Å²) in [6.45, 7) is 4.10. The van der Waals surface area contributed by atoms with Gasteiger partial charge in [0.1, 0.15) is 0 Å². The van der Waals surface area contributed by atoms with E-state index < -0.39 is 0 Å². The van der Waals surface area contributed by atoms with E-state index in [1.54, 1.807) is 0 Å². The van der Waals surface area contributed by atoms with Crippen LogP contribution in [0.2, 0.25) is 0 Å². The molecule has 17 heavy (non-hydrogen) atoms. The molecule has 0 radical (unpaired) electrons. The largest absolute Gasteiger partial charge is 0.397 e. The number of rotatable bonds is 2. The molecule has 2 rings (SSSR count). The maximum absolute atomic E-state index is 5.97. The Morgan fingerprint density at radius 2 is 1.76 bits per heavy atom. The van der Waals surface area contributed by atoms with E-state index >= 15 is 0 Å². The molecule has 3 N–H and O–H groups in total. The molecule has 0 fully saturated rings. The van der Waals surface area contributed by atoms with Crippen molar-refractivity contribution in [2.45, 2.75) is 13.8 Å². The average molecular weight is 291 g/mol. The Labute approximate surface area is 110 Å². The van der Waals surface area contributed by atoms with E-state index in [4.69, 9.17) is 5.73 Å². The van der Waals surface area contributed by atoms with E-state index in [2.05, 4.69) is 40.3 Å². The highest BCUT2D eigenvalue weighted by Gasteiger charge is 2.01. The Bertz CT molecular complexity index is 530. The molecule has 0 aliphatic heterocycles. The minimum Gasteiger partial charge on any atom is -0.397 e. The summed E-state index contributed by atoms with van der Waals surface area (Å²) in [4.78, 5) is 0. The second-order valence-corrected chi connectivity index (χ2v) is 5.15. The van der Waals surface area contributed by atoms with Gasteiger partial charge in [-0.3, -0.25) is 0 Å². The Hall–Kier alpha value is -1.48. The maximum atomic E-state index is 5.97. The minimum absolute atomic E-state index is 0.766. The quantitative estimate of drug-likeness (QED) is 0.805. The molecule has 0 unspecified atom stereocenters. The molecule has 3 heteroatoms. The fourth-order valence-corrected chi connectivity index (χ4v) is 2.37. The molecule has 0 spiro atoms. The van der Waals surface area contributed by atoms with Crippen molar-refractivity contribution < 1.29 is 0 Å². The summed E-state index contributed by atoms with van der Waals surface area (Å²) in [5.74, 6) is 0. The van der Waals surface area contributed by atoms with Crippen LogP contribution in [0.25, 0.3) is 0 Å². The summed E-state index contributed by atoms with van der Waals surface area (Å²) in [5, 5.41) is 3.33. The standard InChI is InChI=1S/C14H15BrN2/c1-9-3-4-14(13(16)7-9)17-12-6-10(2)5-11(15)8-12/h3-8,17H,16H2,1-2H3. The molecule has 0 aromatic heterocycles. The van der Waals surface area contributed by atoms with Crippen molar-refractivity contribution in [2.24, 2.45) is 0 Å². The molecule has 0 saturated carbocycles. The fourth-order valence-electron chi connectivity index (χ4n) is 1.76. The van der Waals surface area contributed by atoms with Gasteiger partial charge < -0.3 is 11.1 Å². The summed E-state index contributed by atoms with van der Waals surface area (Å²) < 4.78 is 1.06. The number of hydrogen-bond donors (Lipinski definition) is 2. The summed E-state index contributed by atoms with van der Waals surface area (Å²) in [7, 11) is 0. The lowest BCUT2D eigenvalue weighted by molar-refractivity contribution is 1.42. The van der Waals surface area contributed by atoms with Crippen LogP contribution in [-0.4, -0.2) is 0 Å². The van der Waals surface area contributed by atoms with Crippen LogP contribution < -0.4 is 11.1 Å². The van der Waals surface area contributed by atoms with Crippen LogP contribution in [-0.2, 0) is 0 Å². The second kappa shape index (κ2) is 4.80. The van der Waals surface area contributed by atoms with Gasteiger partial charge in [-0.1, -0.05) is 22.0 Å². The van der Waals surface area contributed by atoms with Crippen LogP contribution in [0, 0.1) is 13.8 Å². The third-order valence-electron chi connectivity index (χ3n) is 2.53. The first-order valence-electron chi connectivity index (χ1n) is 5.45. The zero-order chi connectivity index (χ0) is 12.4. The van der Waals surface area contributed by atoms with Crippen molar-refractivity contribution in [1.82, 2.24) is 0 Å². The number of nitrogens with two attached hydrogens (primary N) is 1. The molecule has 0 amide bonds. The fraction of sp³-hybridized carbons (Fsp3) is 0.143. The van der Waals surface area contributed by atoms with Gasteiger partial charge >= 0.3 is 0 Å². The minimum atomic E-state index is 0.766. The van der Waals surface area contributed by atoms with Gasteiger partial charge in [0.2, 0.25) is 0 Å². The summed E-state index contributed by atoms with van der Waals surface area (Å²) in [6.07, 6.45) is 0. The third-order valence-corrected chi connectivity index (χ3v) is 2.99. The lowest BCUT2D eigenvalue weighted by atomic mass is 10.1. The van der Waals surface area contributed by atoms with Gasteiger partial charge in [0.05, 0.1) is 11.4 Å². The number of nitrogens with one attached hydrogen (secondary N) is 1. The van der Waals surface area contributed by atoms with E-state index in [1.165, 1.54) is 11.1 Å². The molecular weight excluding hydrogens is 276 g/mol. The van der Waals surface area contributed by atoms with Gasteiger partial charge in [-0.05, 0) is 55.3 Å². The highest BCUT2D eigenvalue weighted by Crippen LogP contribution is 2.26. The second-order valence-electron chi connectivity index (χ2n) is 4.23. The topological polar surface area (TPSA) is 38.0 Å². The lowest BCUT2D eigenvalue weighted by Crippen LogP contribution is -1.97.